The van der Waals surface area contributed by atoms with E-state index >= 15 is 0 Å². The average molecular weight is 469 g/mol. The molecule has 7 nitrogen and oxygen atoms in total. The number of hydrogen-bond donors (Lipinski definition) is 2. The summed E-state index contributed by atoms with van der Waals surface area (Å²) in [6.45, 7) is 0.544. The van der Waals surface area contributed by atoms with Crippen LogP contribution in [0.3, 0.4) is 0 Å². The van der Waals surface area contributed by atoms with Gasteiger partial charge in [0, 0.05) is 12.5 Å². The summed E-state index contributed by atoms with van der Waals surface area (Å²) < 4.78 is 5.59. The summed E-state index contributed by atoms with van der Waals surface area (Å²) >= 11 is 1.56. The van der Waals surface area contributed by atoms with E-state index in [1.165, 1.54) is 4.90 Å². The topological polar surface area (TPSA) is 95.9 Å². The normalized spacial score (nSPS) is 17.8. The SMILES string of the molecule is CSCC[C@@H](NC(=O)OCC1c2ccccc2-c2ccccc21)C(=O)N1CCC[C@@H]1C(=O)O. The standard InChI is InChI=1S/C25H28N2O5S/c1-33-14-12-21(23(28)27-13-6-11-22(27)24(29)30)26-25(31)32-15-20-18-9-4-2-7-16(18)17-8-3-5-10-19(17)20/h2-5,7-10,20-22H,6,11-15H2,1H3,(H,26,31)(H,29,30)/t21-,22-/m1/s1. The van der Waals surface area contributed by atoms with Crippen molar-refractivity contribution in [2.45, 2.75) is 37.3 Å². The average Bonchev–Trinajstić information content (AvgIpc) is 3.43. The Kier molecular flexibility index (Phi) is 7.23. The Labute approximate surface area is 197 Å². The van der Waals surface area contributed by atoms with Crippen molar-refractivity contribution in [1.82, 2.24) is 10.2 Å². The third kappa shape index (κ3) is 4.85. The second-order valence-electron chi connectivity index (χ2n) is 8.33. The molecule has 2 aromatic carbocycles. The highest BCUT2D eigenvalue weighted by Gasteiger charge is 2.38. The second kappa shape index (κ2) is 10.3. The Bertz CT molecular complexity index is 997. The van der Waals surface area contributed by atoms with Gasteiger partial charge < -0.3 is 20.1 Å². The van der Waals surface area contributed by atoms with E-state index in [-0.39, 0.29) is 18.4 Å². The third-order valence-corrected chi connectivity index (χ3v) is 7.01. The molecule has 2 atom stereocenters. The largest absolute Gasteiger partial charge is 0.480 e. The van der Waals surface area contributed by atoms with E-state index in [2.05, 4.69) is 17.4 Å². The highest BCUT2D eigenvalue weighted by Crippen LogP contribution is 2.44. The number of ether oxygens (including phenoxy) is 1. The van der Waals surface area contributed by atoms with Gasteiger partial charge in [0.25, 0.3) is 0 Å². The molecule has 2 amide bonds. The summed E-state index contributed by atoms with van der Waals surface area (Å²) in [4.78, 5) is 38.7. The van der Waals surface area contributed by atoms with Crippen LogP contribution in [0.15, 0.2) is 48.5 Å². The molecule has 2 N–H and O–H groups in total. The number of carboxylic acid groups (broad SMARTS) is 1. The van der Waals surface area contributed by atoms with E-state index in [4.69, 9.17) is 4.74 Å². The molecular formula is C25H28N2O5S. The number of nitrogens with zero attached hydrogens (tertiary/aromatic N) is 1. The van der Waals surface area contributed by atoms with Gasteiger partial charge in [-0.3, -0.25) is 4.79 Å². The highest BCUT2D eigenvalue weighted by atomic mass is 32.2. The quantitative estimate of drug-likeness (QED) is 0.613. The molecule has 0 radical (unpaired) electrons. The predicted octanol–water partition coefficient (Wildman–Crippen LogP) is 3.72. The van der Waals surface area contributed by atoms with Crippen LogP contribution in [-0.2, 0) is 14.3 Å². The molecule has 4 rings (SSSR count). The summed E-state index contributed by atoms with van der Waals surface area (Å²) in [6, 6.07) is 14.5. The van der Waals surface area contributed by atoms with Crippen molar-refractivity contribution in [3.63, 3.8) is 0 Å². The van der Waals surface area contributed by atoms with Gasteiger partial charge in [-0.1, -0.05) is 48.5 Å². The van der Waals surface area contributed by atoms with Gasteiger partial charge in [0.15, 0.2) is 0 Å². The number of thioether (sulfide) groups is 1. The molecule has 1 aliphatic carbocycles. The van der Waals surface area contributed by atoms with E-state index in [1.54, 1.807) is 11.8 Å². The van der Waals surface area contributed by atoms with Crippen molar-refractivity contribution in [3.05, 3.63) is 59.7 Å². The number of hydrogen-bond acceptors (Lipinski definition) is 5. The molecule has 33 heavy (non-hydrogen) atoms. The summed E-state index contributed by atoms with van der Waals surface area (Å²) in [6.07, 6.45) is 2.74. The predicted molar refractivity (Wildman–Crippen MR) is 127 cm³/mol. The first-order valence-electron chi connectivity index (χ1n) is 11.1. The first-order chi connectivity index (χ1) is 16.0. The zero-order valence-electron chi connectivity index (χ0n) is 18.5. The number of nitrogens with one attached hydrogen (secondary N) is 1. The second-order valence-corrected chi connectivity index (χ2v) is 9.32. The van der Waals surface area contributed by atoms with E-state index in [0.29, 0.717) is 31.6 Å². The maximum atomic E-state index is 13.1. The van der Waals surface area contributed by atoms with Crippen LogP contribution < -0.4 is 5.32 Å². The van der Waals surface area contributed by atoms with Gasteiger partial charge in [-0.05, 0) is 53.5 Å². The van der Waals surface area contributed by atoms with E-state index in [9.17, 15) is 19.5 Å². The van der Waals surface area contributed by atoms with Gasteiger partial charge in [-0.25, -0.2) is 9.59 Å². The number of rotatable bonds is 8. The van der Waals surface area contributed by atoms with Gasteiger partial charge in [-0.2, -0.15) is 11.8 Å². The van der Waals surface area contributed by atoms with Crippen molar-refractivity contribution in [2.75, 3.05) is 25.2 Å². The maximum Gasteiger partial charge on any atom is 0.407 e. The van der Waals surface area contributed by atoms with Gasteiger partial charge in [0.1, 0.15) is 18.7 Å². The van der Waals surface area contributed by atoms with Crippen LogP contribution in [0.5, 0.6) is 0 Å². The molecule has 1 saturated heterocycles. The lowest BCUT2D eigenvalue weighted by Gasteiger charge is -2.27. The number of carbonyl (C=O) groups excluding carboxylic acids is 2. The Morgan fingerprint density at radius 1 is 1.12 bits per heavy atom. The van der Waals surface area contributed by atoms with Crippen LogP contribution >= 0.6 is 11.8 Å². The van der Waals surface area contributed by atoms with Crippen LogP contribution in [0.2, 0.25) is 0 Å². The molecule has 2 aliphatic rings. The third-order valence-electron chi connectivity index (χ3n) is 6.37. The van der Waals surface area contributed by atoms with Crippen molar-refractivity contribution in [1.29, 1.82) is 0 Å². The lowest BCUT2D eigenvalue weighted by atomic mass is 9.98. The fourth-order valence-electron chi connectivity index (χ4n) is 4.76. The molecule has 2 aromatic rings. The molecule has 0 bridgehead atoms. The van der Waals surface area contributed by atoms with E-state index in [0.717, 1.165) is 22.3 Å². The summed E-state index contributed by atoms with van der Waals surface area (Å²) in [5.74, 6) is -0.780. The molecule has 1 fully saturated rings. The minimum atomic E-state index is -1.01. The first kappa shape index (κ1) is 23.2. The number of carbonyl (C=O) groups is 3. The van der Waals surface area contributed by atoms with Crippen LogP contribution in [-0.4, -0.2) is 65.2 Å². The Balaban J connectivity index is 1.43. The molecule has 0 spiro atoms. The number of alkyl carbamates (subject to hydrolysis) is 1. The smallest absolute Gasteiger partial charge is 0.407 e. The fraction of sp³-hybridized carbons (Fsp3) is 0.400. The number of carboxylic acids is 1. The monoisotopic (exact) mass is 468 g/mol. The maximum absolute atomic E-state index is 13.1. The van der Waals surface area contributed by atoms with Crippen LogP contribution in [0, 0.1) is 0 Å². The Morgan fingerprint density at radius 3 is 2.36 bits per heavy atom. The van der Waals surface area contributed by atoms with Crippen LogP contribution in [0.4, 0.5) is 4.79 Å². The minimum absolute atomic E-state index is 0.0709. The van der Waals surface area contributed by atoms with Crippen LogP contribution in [0.25, 0.3) is 11.1 Å². The van der Waals surface area contributed by atoms with Gasteiger partial charge >= 0.3 is 12.1 Å². The molecule has 1 aliphatic heterocycles. The zero-order chi connectivity index (χ0) is 23.4. The fourth-order valence-corrected chi connectivity index (χ4v) is 5.23. The zero-order valence-corrected chi connectivity index (χ0v) is 19.3. The number of fused-ring (bicyclic) bond motifs is 3. The highest BCUT2D eigenvalue weighted by molar-refractivity contribution is 7.98. The minimum Gasteiger partial charge on any atom is -0.480 e. The summed E-state index contributed by atoms with van der Waals surface area (Å²) in [7, 11) is 0. The summed E-state index contributed by atoms with van der Waals surface area (Å²) in [5.41, 5.74) is 4.51. The molecule has 174 valence electrons. The number of benzene rings is 2. The van der Waals surface area contributed by atoms with Gasteiger partial charge in [0.05, 0.1) is 0 Å². The Hall–Kier alpha value is -3.00. The number of aliphatic carboxylic acids is 1. The molecular weight excluding hydrogens is 440 g/mol. The number of amides is 2. The van der Waals surface area contributed by atoms with Gasteiger partial charge in [0.2, 0.25) is 5.91 Å². The van der Waals surface area contributed by atoms with Crippen molar-refractivity contribution in [2.24, 2.45) is 0 Å². The summed E-state index contributed by atoms with van der Waals surface area (Å²) in [5, 5.41) is 12.1. The molecule has 0 unspecified atom stereocenters. The van der Waals surface area contributed by atoms with Crippen molar-refractivity contribution < 1.29 is 24.2 Å². The Morgan fingerprint density at radius 2 is 1.76 bits per heavy atom. The van der Waals surface area contributed by atoms with E-state index < -0.39 is 24.1 Å². The molecule has 0 saturated carbocycles. The van der Waals surface area contributed by atoms with Crippen molar-refractivity contribution in [3.8, 4) is 11.1 Å². The number of likely N-dealkylation sites (tertiary alicyclic amines) is 1. The van der Waals surface area contributed by atoms with Crippen molar-refractivity contribution >= 4 is 29.7 Å². The molecule has 1 heterocycles. The van der Waals surface area contributed by atoms with Crippen LogP contribution in [0.1, 0.15) is 36.3 Å². The first-order valence-corrected chi connectivity index (χ1v) is 12.5. The van der Waals surface area contributed by atoms with Gasteiger partial charge in [-0.15, -0.1) is 0 Å². The lowest BCUT2D eigenvalue weighted by Crippen LogP contribution is -2.52. The molecule has 0 aromatic heterocycles. The lowest BCUT2D eigenvalue weighted by molar-refractivity contribution is -0.149. The molecule has 8 heteroatoms. The van der Waals surface area contributed by atoms with E-state index in [1.807, 2.05) is 42.7 Å².